The van der Waals surface area contributed by atoms with E-state index in [1.54, 1.807) is 13.1 Å². The lowest BCUT2D eigenvalue weighted by Crippen LogP contribution is -2.51. The van der Waals surface area contributed by atoms with Crippen molar-refractivity contribution in [2.24, 2.45) is 0 Å². The first kappa shape index (κ1) is 20.5. The van der Waals surface area contributed by atoms with Gasteiger partial charge in [-0.15, -0.1) is 0 Å². The van der Waals surface area contributed by atoms with Crippen molar-refractivity contribution in [2.75, 3.05) is 11.9 Å². The van der Waals surface area contributed by atoms with Crippen LogP contribution in [0.1, 0.15) is 63.7 Å². The van der Waals surface area contributed by atoms with Gasteiger partial charge in [-0.05, 0) is 59.4 Å². The first-order valence-electron chi connectivity index (χ1n) is 10.7. The molecule has 0 radical (unpaired) electrons. The van der Waals surface area contributed by atoms with Crippen molar-refractivity contribution in [3.8, 4) is 0 Å². The van der Waals surface area contributed by atoms with Gasteiger partial charge in [-0.2, -0.15) is 0 Å². The maximum Gasteiger partial charge on any atom is 0.410 e. The summed E-state index contributed by atoms with van der Waals surface area (Å²) < 4.78 is 10.9. The monoisotopic (exact) mass is 414 g/mol. The molecule has 2 saturated heterocycles. The predicted octanol–water partition coefficient (Wildman–Crippen LogP) is 4.08. The van der Waals surface area contributed by atoms with Crippen LogP contribution in [0.15, 0.2) is 18.5 Å². The van der Waals surface area contributed by atoms with Gasteiger partial charge in [-0.25, -0.2) is 14.6 Å². The van der Waals surface area contributed by atoms with Crippen LogP contribution in [0.25, 0.3) is 11.0 Å². The highest BCUT2D eigenvalue weighted by Gasteiger charge is 2.45. The molecule has 0 aromatic carbocycles. The predicted molar refractivity (Wildman–Crippen MR) is 114 cm³/mol. The minimum absolute atomic E-state index is 0.144. The van der Waals surface area contributed by atoms with E-state index in [1.165, 1.54) is 0 Å². The number of fused-ring (bicyclic) bond motifs is 3. The molecule has 1 amide bonds. The number of amides is 1. The van der Waals surface area contributed by atoms with Gasteiger partial charge in [0.15, 0.2) is 0 Å². The number of H-pyrrole nitrogens is 1. The summed E-state index contributed by atoms with van der Waals surface area (Å²) in [5, 5.41) is 4.45. The van der Waals surface area contributed by atoms with Crippen LogP contribution in [0.3, 0.4) is 0 Å². The average molecular weight is 415 g/mol. The van der Waals surface area contributed by atoms with E-state index in [0.29, 0.717) is 12.2 Å². The van der Waals surface area contributed by atoms with Gasteiger partial charge in [0.05, 0.1) is 12.3 Å². The highest BCUT2D eigenvalue weighted by Crippen LogP contribution is 2.39. The molecule has 8 nitrogen and oxygen atoms in total. The maximum atomic E-state index is 12.7. The van der Waals surface area contributed by atoms with E-state index in [0.717, 1.165) is 42.4 Å². The van der Waals surface area contributed by atoms with Crippen molar-refractivity contribution in [3.05, 3.63) is 24.0 Å². The quantitative estimate of drug-likeness (QED) is 0.732. The van der Waals surface area contributed by atoms with E-state index >= 15 is 0 Å². The fraction of sp³-hybridized carbons (Fsp3) is 0.591. The van der Waals surface area contributed by atoms with Crippen LogP contribution in [0.4, 0.5) is 10.5 Å². The van der Waals surface area contributed by atoms with Crippen molar-refractivity contribution in [1.82, 2.24) is 14.9 Å². The summed E-state index contributed by atoms with van der Waals surface area (Å²) in [6.45, 7) is 7.77. The van der Waals surface area contributed by atoms with Crippen molar-refractivity contribution >= 4 is 28.8 Å². The zero-order chi connectivity index (χ0) is 21.5. The summed E-state index contributed by atoms with van der Waals surface area (Å²) in [7, 11) is 0. The molecule has 2 fully saturated rings. The minimum atomic E-state index is -0.503. The first-order valence-corrected chi connectivity index (χ1v) is 10.7. The van der Waals surface area contributed by atoms with Gasteiger partial charge in [0.2, 0.25) is 0 Å². The van der Waals surface area contributed by atoms with Crippen LogP contribution >= 0.6 is 0 Å². The molecule has 4 heterocycles. The molecule has 30 heavy (non-hydrogen) atoms. The van der Waals surface area contributed by atoms with Gasteiger partial charge in [0.1, 0.15) is 16.8 Å². The van der Waals surface area contributed by atoms with Crippen LogP contribution in [0, 0.1) is 0 Å². The Balaban J connectivity index is 1.55. The number of aromatic nitrogens is 2. The second kappa shape index (κ2) is 7.81. The molecular formula is C22H30N4O4. The molecule has 0 unspecified atom stereocenters. The Bertz CT molecular complexity index is 934. The third kappa shape index (κ3) is 3.95. The third-order valence-electron chi connectivity index (χ3n) is 5.77. The number of hydrogen-bond acceptors (Lipinski definition) is 6. The Morgan fingerprint density at radius 3 is 2.60 bits per heavy atom. The number of rotatable bonds is 4. The Hall–Kier alpha value is -2.77. The molecule has 2 aromatic rings. The summed E-state index contributed by atoms with van der Waals surface area (Å²) in [6, 6.07) is 2.35. The second-order valence-corrected chi connectivity index (χ2v) is 9.09. The number of nitrogens with one attached hydrogen (secondary N) is 2. The lowest BCUT2D eigenvalue weighted by Gasteiger charge is -2.40. The number of anilines is 1. The molecular weight excluding hydrogens is 384 g/mol. The second-order valence-electron chi connectivity index (χ2n) is 9.09. The fourth-order valence-electron chi connectivity index (χ4n) is 4.64. The fourth-order valence-corrected chi connectivity index (χ4v) is 4.64. The van der Waals surface area contributed by atoms with E-state index in [2.05, 4.69) is 15.3 Å². The van der Waals surface area contributed by atoms with Crippen molar-refractivity contribution in [3.63, 3.8) is 0 Å². The smallest absolute Gasteiger partial charge is 0.410 e. The van der Waals surface area contributed by atoms with Crippen molar-refractivity contribution in [1.29, 1.82) is 0 Å². The van der Waals surface area contributed by atoms with Gasteiger partial charge in [0, 0.05) is 35.9 Å². The molecule has 2 aliphatic heterocycles. The van der Waals surface area contributed by atoms with Crippen LogP contribution in [0.5, 0.6) is 0 Å². The zero-order valence-electron chi connectivity index (χ0n) is 18.0. The van der Waals surface area contributed by atoms with E-state index in [1.807, 2.05) is 37.9 Å². The summed E-state index contributed by atoms with van der Waals surface area (Å²) in [4.78, 5) is 34.6. The first-order chi connectivity index (χ1) is 14.3. The van der Waals surface area contributed by atoms with E-state index in [4.69, 9.17) is 9.47 Å². The van der Waals surface area contributed by atoms with Gasteiger partial charge in [0.25, 0.3) is 0 Å². The van der Waals surface area contributed by atoms with Crippen molar-refractivity contribution in [2.45, 2.75) is 77.1 Å². The lowest BCUT2D eigenvalue weighted by atomic mass is 9.97. The Morgan fingerprint density at radius 2 is 1.97 bits per heavy atom. The number of hydrogen-bond donors (Lipinski definition) is 2. The highest BCUT2D eigenvalue weighted by molar-refractivity contribution is 6.04. The molecule has 8 heteroatoms. The normalized spacial score (nSPS) is 23.5. The van der Waals surface area contributed by atoms with Gasteiger partial charge >= 0.3 is 12.1 Å². The summed E-state index contributed by atoms with van der Waals surface area (Å²) in [5.74, 6) is -0.384. The topological polar surface area (TPSA) is 96.5 Å². The number of carbonyl (C=O) groups is 2. The van der Waals surface area contributed by atoms with E-state index in [-0.39, 0.29) is 30.2 Å². The Morgan fingerprint density at radius 1 is 1.27 bits per heavy atom. The van der Waals surface area contributed by atoms with Gasteiger partial charge in [-0.3, -0.25) is 0 Å². The summed E-state index contributed by atoms with van der Waals surface area (Å²) >= 11 is 0. The molecule has 2 aromatic heterocycles. The number of aromatic amines is 1. The number of esters is 1. The number of ether oxygens (including phenoxy) is 2. The molecule has 3 atom stereocenters. The van der Waals surface area contributed by atoms with Gasteiger partial charge in [-0.1, -0.05) is 0 Å². The SMILES string of the molecule is CCOC(=O)c1cnc2[nH]ccc2c1N[C@H]1C[C@H]2CC[C@@H](C1)N2C(=O)OC(C)(C)C. The highest BCUT2D eigenvalue weighted by atomic mass is 16.6. The molecule has 0 saturated carbocycles. The molecule has 2 aliphatic rings. The Kier molecular flexibility index (Phi) is 5.34. The van der Waals surface area contributed by atoms with E-state index < -0.39 is 5.60 Å². The molecule has 2 N–H and O–H groups in total. The number of pyridine rings is 1. The zero-order valence-corrected chi connectivity index (χ0v) is 18.0. The standard InChI is InChI=1S/C22H30N4O4/c1-5-29-20(27)17-12-24-19-16(8-9-23-19)18(17)25-13-10-14-6-7-15(11-13)26(14)21(28)30-22(2,3)4/h8-9,12-15H,5-7,10-11H2,1-4H3,(H2,23,24,25)/t13-,14+,15-. The molecule has 0 aliphatic carbocycles. The van der Waals surface area contributed by atoms with Crippen LogP contribution < -0.4 is 5.32 Å². The third-order valence-corrected chi connectivity index (χ3v) is 5.77. The summed E-state index contributed by atoms with van der Waals surface area (Å²) in [5.41, 5.74) is 1.40. The number of piperidine rings is 1. The molecule has 162 valence electrons. The summed E-state index contributed by atoms with van der Waals surface area (Å²) in [6.07, 6.45) is 6.72. The molecule has 0 spiro atoms. The molecule has 2 bridgehead atoms. The van der Waals surface area contributed by atoms with Gasteiger partial charge < -0.3 is 24.7 Å². The van der Waals surface area contributed by atoms with E-state index in [9.17, 15) is 9.59 Å². The molecule has 4 rings (SSSR count). The lowest BCUT2D eigenvalue weighted by molar-refractivity contribution is 0.00683. The van der Waals surface area contributed by atoms with Crippen molar-refractivity contribution < 1.29 is 19.1 Å². The average Bonchev–Trinajstić information content (AvgIpc) is 3.23. The van der Waals surface area contributed by atoms with Crippen LogP contribution in [-0.4, -0.2) is 57.3 Å². The Labute approximate surface area is 176 Å². The minimum Gasteiger partial charge on any atom is -0.462 e. The number of nitrogens with zero attached hydrogens (tertiary/aromatic N) is 2. The van der Waals surface area contributed by atoms with Crippen LogP contribution in [-0.2, 0) is 9.47 Å². The maximum absolute atomic E-state index is 12.7. The number of carbonyl (C=O) groups excluding carboxylic acids is 2. The van der Waals surface area contributed by atoms with Crippen LogP contribution in [0.2, 0.25) is 0 Å². The largest absolute Gasteiger partial charge is 0.462 e.